The fraction of sp³-hybridized carbons (Fsp3) is 0.800. The summed E-state index contributed by atoms with van der Waals surface area (Å²) < 4.78 is 46.0. The van der Waals surface area contributed by atoms with Crippen molar-refractivity contribution in [3.05, 3.63) is 6.33 Å². The zero-order chi connectivity index (χ0) is 18.0. The van der Waals surface area contributed by atoms with Gasteiger partial charge in [0.15, 0.2) is 6.04 Å². The first kappa shape index (κ1) is 18.0. The van der Waals surface area contributed by atoms with E-state index in [0.29, 0.717) is 26.1 Å². The molecule has 0 saturated carbocycles. The van der Waals surface area contributed by atoms with Crippen LogP contribution in [0.25, 0.3) is 0 Å². The highest BCUT2D eigenvalue weighted by Gasteiger charge is 2.48. The van der Waals surface area contributed by atoms with Crippen LogP contribution in [0, 0.1) is 5.92 Å². The maximum atomic E-state index is 13.4. The molecular weight excluding hydrogens is 339 g/mol. The van der Waals surface area contributed by atoms with Gasteiger partial charge in [-0.25, -0.2) is 4.68 Å². The zero-order valence-electron chi connectivity index (χ0n) is 14.0. The zero-order valence-corrected chi connectivity index (χ0v) is 14.0. The average Bonchev–Trinajstić information content (AvgIpc) is 3.06. The van der Waals surface area contributed by atoms with Gasteiger partial charge >= 0.3 is 6.18 Å². The summed E-state index contributed by atoms with van der Waals surface area (Å²) in [6.45, 7) is 1.45. The predicted octanol–water partition coefficient (Wildman–Crippen LogP) is 1.84. The lowest BCUT2D eigenvalue weighted by atomic mass is 9.86. The Kier molecular flexibility index (Phi) is 5.16. The van der Waals surface area contributed by atoms with E-state index in [1.807, 2.05) is 0 Å². The van der Waals surface area contributed by atoms with Crippen molar-refractivity contribution in [1.82, 2.24) is 19.7 Å². The number of nitrogens with zero attached hydrogens (tertiary/aromatic N) is 4. The third-order valence-electron chi connectivity index (χ3n) is 4.94. The molecule has 0 aliphatic carbocycles. The Bertz CT molecular complexity index is 606. The van der Waals surface area contributed by atoms with Crippen molar-refractivity contribution in [3.63, 3.8) is 0 Å². The van der Waals surface area contributed by atoms with Crippen molar-refractivity contribution < 1.29 is 22.7 Å². The fourth-order valence-electron chi connectivity index (χ4n) is 3.64. The van der Waals surface area contributed by atoms with Crippen LogP contribution in [0.1, 0.15) is 31.7 Å². The molecule has 2 aliphatic heterocycles. The van der Waals surface area contributed by atoms with E-state index in [-0.39, 0.29) is 30.2 Å². The lowest BCUT2D eigenvalue weighted by Gasteiger charge is -2.41. The SMILES string of the molecule is COCCC(=O)N1CCC[C@H]([C@@H]2C[C@H](C(F)(F)F)n3ncnc3N2)C1. The van der Waals surface area contributed by atoms with Crippen LogP contribution in [-0.2, 0) is 9.53 Å². The third kappa shape index (κ3) is 3.88. The molecule has 3 rings (SSSR count). The highest BCUT2D eigenvalue weighted by Crippen LogP contribution is 2.40. The maximum Gasteiger partial charge on any atom is 0.411 e. The maximum absolute atomic E-state index is 13.4. The molecular formula is C15H22F3N5O2. The van der Waals surface area contributed by atoms with Gasteiger partial charge in [0.25, 0.3) is 0 Å². The van der Waals surface area contributed by atoms with Gasteiger partial charge in [-0.1, -0.05) is 0 Å². The first-order valence-corrected chi connectivity index (χ1v) is 8.39. The molecule has 0 radical (unpaired) electrons. The van der Waals surface area contributed by atoms with E-state index in [9.17, 15) is 18.0 Å². The second-order valence-corrected chi connectivity index (χ2v) is 6.56. The molecule has 140 valence electrons. The molecule has 7 nitrogen and oxygen atoms in total. The number of likely N-dealkylation sites (tertiary alicyclic amines) is 1. The number of methoxy groups -OCH3 is 1. The molecule has 1 saturated heterocycles. The first-order valence-electron chi connectivity index (χ1n) is 8.39. The van der Waals surface area contributed by atoms with Gasteiger partial charge in [0, 0.05) is 26.2 Å². The molecule has 3 atom stereocenters. The van der Waals surface area contributed by atoms with Crippen LogP contribution in [0.15, 0.2) is 6.33 Å². The van der Waals surface area contributed by atoms with Gasteiger partial charge in [-0.3, -0.25) is 4.79 Å². The van der Waals surface area contributed by atoms with Crippen molar-refractivity contribution in [1.29, 1.82) is 0 Å². The van der Waals surface area contributed by atoms with E-state index in [4.69, 9.17) is 4.74 Å². The number of ether oxygens (including phenoxy) is 1. The summed E-state index contributed by atoms with van der Waals surface area (Å²) in [6.07, 6.45) is -1.50. The molecule has 25 heavy (non-hydrogen) atoms. The van der Waals surface area contributed by atoms with E-state index < -0.39 is 12.2 Å². The summed E-state index contributed by atoms with van der Waals surface area (Å²) in [6, 6.07) is -2.07. The molecule has 3 heterocycles. The molecule has 0 aromatic carbocycles. The number of alkyl halides is 3. The molecule has 1 N–H and O–H groups in total. The lowest BCUT2D eigenvalue weighted by Crippen LogP contribution is -2.49. The van der Waals surface area contributed by atoms with E-state index in [2.05, 4.69) is 15.4 Å². The molecule has 1 aromatic heterocycles. The largest absolute Gasteiger partial charge is 0.411 e. The number of piperidine rings is 1. The van der Waals surface area contributed by atoms with Gasteiger partial charge in [-0.05, 0) is 25.2 Å². The van der Waals surface area contributed by atoms with Crippen molar-refractivity contribution in [3.8, 4) is 0 Å². The number of fused-ring (bicyclic) bond motifs is 1. The topological polar surface area (TPSA) is 72.3 Å². The van der Waals surface area contributed by atoms with Crippen LogP contribution in [0.5, 0.6) is 0 Å². The Hall–Kier alpha value is -1.84. The summed E-state index contributed by atoms with van der Waals surface area (Å²) in [5.41, 5.74) is 0. The number of hydrogen-bond acceptors (Lipinski definition) is 5. The van der Waals surface area contributed by atoms with E-state index in [1.54, 1.807) is 4.90 Å². The second kappa shape index (κ2) is 7.19. The number of nitrogens with one attached hydrogen (secondary N) is 1. The molecule has 1 amide bonds. The monoisotopic (exact) mass is 361 g/mol. The van der Waals surface area contributed by atoms with E-state index in [1.165, 1.54) is 7.11 Å². The van der Waals surface area contributed by atoms with Crippen LogP contribution in [-0.4, -0.2) is 64.6 Å². The summed E-state index contributed by atoms with van der Waals surface area (Å²) in [4.78, 5) is 17.8. The van der Waals surface area contributed by atoms with Gasteiger partial charge in [-0.15, -0.1) is 0 Å². The quantitative estimate of drug-likeness (QED) is 0.886. The Balaban J connectivity index is 1.70. The van der Waals surface area contributed by atoms with Crippen LogP contribution in [0.4, 0.5) is 19.1 Å². The van der Waals surface area contributed by atoms with Gasteiger partial charge in [0.2, 0.25) is 11.9 Å². The van der Waals surface area contributed by atoms with Crippen molar-refractivity contribution in [2.45, 2.75) is 43.9 Å². The molecule has 1 aromatic rings. The first-order chi connectivity index (χ1) is 11.9. The van der Waals surface area contributed by atoms with Crippen LogP contribution in [0.2, 0.25) is 0 Å². The van der Waals surface area contributed by atoms with Crippen LogP contribution < -0.4 is 5.32 Å². The lowest BCUT2D eigenvalue weighted by molar-refractivity contribution is -0.175. The minimum Gasteiger partial charge on any atom is -0.384 e. The van der Waals surface area contributed by atoms with Crippen molar-refractivity contribution >= 4 is 11.9 Å². The minimum atomic E-state index is -4.38. The number of halogens is 3. The van der Waals surface area contributed by atoms with E-state index >= 15 is 0 Å². The number of anilines is 1. The highest BCUT2D eigenvalue weighted by molar-refractivity contribution is 5.76. The second-order valence-electron chi connectivity index (χ2n) is 6.56. The molecule has 0 spiro atoms. The summed E-state index contributed by atoms with van der Waals surface area (Å²) in [7, 11) is 1.53. The Morgan fingerprint density at radius 2 is 2.28 bits per heavy atom. The third-order valence-corrected chi connectivity index (χ3v) is 4.94. The summed E-state index contributed by atoms with van der Waals surface area (Å²) >= 11 is 0. The number of hydrogen-bond donors (Lipinski definition) is 1. The Morgan fingerprint density at radius 3 is 3.00 bits per heavy atom. The van der Waals surface area contributed by atoms with Crippen molar-refractivity contribution in [2.75, 3.05) is 32.1 Å². The Morgan fingerprint density at radius 1 is 1.48 bits per heavy atom. The number of rotatable bonds is 4. The summed E-state index contributed by atoms with van der Waals surface area (Å²) in [5.74, 6) is 0.0786. The molecule has 2 aliphatic rings. The molecule has 1 fully saturated rings. The van der Waals surface area contributed by atoms with Gasteiger partial charge < -0.3 is 15.0 Å². The average molecular weight is 361 g/mol. The van der Waals surface area contributed by atoms with Crippen molar-refractivity contribution in [2.24, 2.45) is 5.92 Å². The van der Waals surface area contributed by atoms with Gasteiger partial charge in [0.05, 0.1) is 13.0 Å². The number of amides is 1. The number of carbonyl (C=O) groups is 1. The van der Waals surface area contributed by atoms with Gasteiger partial charge in [-0.2, -0.15) is 23.3 Å². The molecule has 0 unspecified atom stereocenters. The molecule has 0 bridgehead atoms. The number of carbonyl (C=O) groups excluding carboxylic acids is 1. The summed E-state index contributed by atoms with van der Waals surface area (Å²) in [5, 5.41) is 6.78. The predicted molar refractivity (Wildman–Crippen MR) is 82.9 cm³/mol. The smallest absolute Gasteiger partial charge is 0.384 e. The standard InChI is InChI=1S/C15H22F3N5O2/c1-25-6-4-13(24)22-5-2-3-10(8-22)11-7-12(15(16,17)18)23-14(21-11)19-9-20-23/h9-12H,2-8H2,1H3,(H,19,20,21)/t10-,11-,12+/m0/s1. The van der Waals surface area contributed by atoms with Gasteiger partial charge in [0.1, 0.15) is 6.33 Å². The van der Waals surface area contributed by atoms with Crippen LogP contribution >= 0.6 is 0 Å². The highest BCUT2D eigenvalue weighted by atomic mass is 19.4. The van der Waals surface area contributed by atoms with E-state index in [0.717, 1.165) is 23.9 Å². The normalized spacial score (nSPS) is 26.9. The minimum absolute atomic E-state index is 0.0158. The molecule has 10 heteroatoms. The van der Waals surface area contributed by atoms with Crippen LogP contribution in [0.3, 0.4) is 0 Å². The Labute approximate surface area is 143 Å². The fourth-order valence-corrected chi connectivity index (χ4v) is 3.64. The number of aromatic nitrogens is 3.